The molecule has 4 rings (SSSR count). The molecule has 1 aromatic carbocycles. The van der Waals surface area contributed by atoms with Gasteiger partial charge in [0.15, 0.2) is 0 Å². The van der Waals surface area contributed by atoms with Crippen LogP contribution in [0.25, 0.3) is 0 Å². The summed E-state index contributed by atoms with van der Waals surface area (Å²) in [5.41, 5.74) is 1.91. The third kappa shape index (κ3) is 6.18. The Labute approximate surface area is 212 Å². The first-order valence-electron chi connectivity index (χ1n) is 10.7. The number of hydrogen-bond donors (Lipinski definition) is 3. The summed E-state index contributed by atoms with van der Waals surface area (Å²) in [7, 11) is -2.71. The molecule has 2 heterocycles. The topological polar surface area (TPSA) is 135 Å². The fraction of sp³-hybridized carbons (Fsp3) is 0.318. The molecule has 0 bridgehead atoms. The van der Waals surface area contributed by atoms with Crippen molar-refractivity contribution in [3.63, 3.8) is 0 Å². The summed E-state index contributed by atoms with van der Waals surface area (Å²) in [5, 5.41) is 18.7. The Morgan fingerprint density at radius 2 is 2.03 bits per heavy atom. The van der Waals surface area contributed by atoms with E-state index in [-0.39, 0.29) is 30.4 Å². The number of carbonyl (C=O) groups excluding carboxylic acids is 1. The number of anilines is 1. The number of halogens is 2. The zero-order valence-electron chi connectivity index (χ0n) is 18.6. The van der Waals surface area contributed by atoms with Crippen LogP contribution in [0.1, 0.15) is 34.5 Å². The average molecular weight is 540 g/mol. The van der Waals surface area contributed by atoms with Crippen molar-refractivity contribution < 1.29 is 22.5 Å². The van der Waals surface area contributed by atoms with Gasteiger partial charge in [-0.3, -0.25) is 18.6 Å². The number of carbonyl (C=O) groups is 1. The standard InChI is InChI=1S/C22H23Cl2N5O5S/c1-25-35(32,33)34-21-10-14(9-20(21)30)27-18-4-6-26-11-15(18)22(31)19-5-7-29(28-19)12-13-2-3-16(23)17(24)8-13/h2-8,11,14,20-21,25,30H,9-10,12H2,1H3,(H,26,27)/t14-,20+,21-/m1/s1. The minimum atomic E-state index is -3.94. The second-order valence-electron chi connectivity index (χ2n) is 8.07. The molecule has 2 aromatic heterocycles. The highest BCUT2D eigenvalue weighted by Gasteiger charge is 2.37. The van der Waals surface area contributed by atoms with Gasteiger partial charge in [0.1, 0.15) is 11.8 Å². The van der Waals surface area contributed by atoms with Gasteiger partial charge in [-0.15, -0.1) is 0 Å². The Balaban J connectivity index is 1.46. The zero-order chi connectivity index (χ0) is 25.2. The largest absolute Gasteiger partial charge is 0.390 e. The summed E-state index contributed by atoms with van der Waals surface area (Å²) in [6, 6.07) is 8.21. The van der Waals surface area contributed by atoms with Crippen LogP contribution in [0.15, 0.2) is 48.9 Å². The molecule has 1 saturated carbocycles. The Morgan fingerprint density at radius 3 is 2.77 bits per heavy atom. The maximum atomic E-state index is 13.2. The molecule has 0 unspecified atom stereocenters. The van der Waals surface area contributed by atoms with Crippen LogP contribution in [-0.2, 0) is 21.0 Å². The van der Waals surface area contributed by atoms with Gasteiger partial charge < -0.3 is 10.4 Å². The van der Waals surface area contributed by atoms with Crippen LogP contribution in [0.4, 0.5) is 5.69 Å². The maximum absolute atomic E-state index is 13.2. The predicted octanol–water partition coefficient (Wildman–Crippen LogP) is 2.65. The van der Waals surface area contributed by atoms with Crippen molar-refractivity contribution in [1.29, 1.82) is 0 Å². The molecule has 13 heteroatoms. The normalized spacial score (nSPS) is 20.2. The quantitative estimate of drug-likeness (QED) is 0.353. The number of rotatable bonds is 9. The van der Waals surface area contributed by atoms with E-state index in [0.29, 0.717) is 27.8 Å². The number of benzene rings is 1. The fourth-order valence-corrected chi connectivity index (χ4v) is 4.81. The van der Waals surface area contributed by atoms with Gasteiger partial charge in [0.05, 0.1) is 28.3 Å². The first-order valence-corrected chi connectivity index (χ1v) is 12.8. The molecule has 3 atom stereocenters. The average Bonchev–Trinajstić information content (AvgIpc) is 3.42. The van der Waals surface area contributed by atoms with E-state index in [4.69, 9.17) is 27.4 Å². The first-order chi connectivity index (χ1) is 16.6. The predicted molar refractivity (Wildman–Crippen MR) is 131 cm³/mol. The number of ketones is 1. The first kappa shape index (κ1) is 25.5. The van der Waals surface area contributed by atoms with Crippen molar-refractivity contribution in [2.45, 2.75) is 37.6 Å². The molecule has 0 spiro atoms. The van der Waals surface area contributed by atoms with Crippen molar-refractivity contribution >= 4 is 45.0 Å². The Bertz CT molecular complexity index is 1330. The number of aromatic nitrogens is 3. The summed E-state index contributed by atoms with van der Waals surface area (Å²) in [6.07, 6.45) is 3.27. The van der Waals surface area contributed by atoms with E-state index >= 15 is 0 Å². The van der Waals surface area contributed by atoms with Gasteiger partial charge in [-0.1, -0.05) is 29.3 Å². The van der Waals surface area contributed by atoms with E-state index in [2.05, 4.69) is 20.1 Å². The van der Waals surface area contributed by atoms with Gasteiger partial charge in [0.25, 0.3) is 0 Å². The molecule has 3 aromatic rings. The molecule has 0 aliphatic heterocycles. The highest BCUT2D eigenvalue weighted by molar-refractivity contribution is 7.84. The highest BCUT2D eigenvalue weighted by Crippen LogP contribution is 2.29. The lowest BCUT2D eigenvalue weighted by Gasteiger charge is -2.16. The van der Waals surface area contributed by atoms with Crippen LogP contribution >= 0.6 is 23.2 Å². The summed E-state index contributed by atoms with van der Waals surface area (Å²) in [5.74, 6) is -0.336. The lowest BCUT2D eigenvalue weighted by atomic mass is 10.1. The van der Waals surface area contributed by atoms with E-state index in [9.17, 15) is 18.3 Å². The van der Waals surface area contributed by atoms with Crippen molar-refractivity contribution in [2.75, 3.05) is 12.4 Å². The monoisotopic (exact) mass is 539 g/mol. The SMILES string of the molecule is CNS(=O)(=O)O[C@@H]1C[C@H](Nc2ccncc2C(=O)c2ccn(Cc3ccc(Cl)c(Cl)c3)n2)C[C@@H]1O. The summed E-state index contributed by atoms with van der Waals surface area (Å²) < 4.78 is 32.0. The van der Waals surface area contributed by atoms with Gasteiger partial charge >= 0.3 is 10.3 Å². The lowest BCUT2D eigenvalue weighted by molar-refractivity contribution is 0.0636. The number of nitrogens with zero attached hydrogens (tertiary/aromatic N) is 3. The van der Waals surface area contributed by atoms with Gasteiger partial charge in [0.2, 0.25) is 5.78 Å². The second kappa shape index (κ2) is 10.6. The van der Waals surface area contributed by atoms with Crippen molar-refractivity contribution in [1.82, 2.24) is 19.5 Å². The summed E-state index contributed by atoms with van der Waals surface area (Å²) in [4.78, 5) is 17.3. The third-order valence-electron chi connectivity index (χ3n) is 5.60. The van der Waals surface area contributed by atoms with E-state index < -0.39 is 22.5 Å². The molecule has 3 N–H and O–H groups in total. The van der Waals surface area contributed by atoms with Gasteiger partial charge in [0, 0.05) is 37.4 Å². The molecule has 35 heavy (non-hydrogen) atoms. The van der Waals surface area contributed by atoms with Crippen molar-refractivity contribution in [3.8, 4) is 0 Å². The van der Waals surface area contributed by atoms with Crippen molar-refractivity contribution in [3.05, 3.63) is 75.8 Å². The molecule has 0 saturated heterocycles. The van der Waals surface area contributed by atoms with Crippen LogP contribution in [0, 0.1) is 0 Å². The molecule has 1 fully saturated rings. The third-order valence-corrected chi connectivity index (χ3v) is 7.34. The molecular weight excluding hydrogens is 517 g/mol. The smallest absolute Gasteiger partial charge is 0.335 e. The molecule has 186 valence electrons. The van der Waals surface area contributed by atoms with E-state index in [1.165, 1.54) is 19.4 Å². The second-order valence-corrected chi connectivity index (χ2v) is 10.4. The minimum Gasteiger partial charge on any atom is -0.390 e. The summed E-state index contributed by atoms with van der Waals surface area (Å²) >= 11 is 12.0. The molecular formula is C22H23Cl2N5O5S. The number of nitrogens with one attached hydrogen (secondary N) is 2. The number of pyridine rings is 1. The molecule has 1 aliphatic rings. The number of aliphatic hydroxyl groups is 1. The Hall–Kier alpha value is -2.54. The van der Waals surface area contributed by atoms with Gasteiger partial charge in [-0.25, -0.2) is 0 Å². The number of hydrogen-bond acceptors (Lipinski definition) is 8. The van der Waals surface area contributed by atoms with Crippen LogP contribution in [-0.4, -0.2) is 59.4 Å². The van der Waals surface area contributed by atoms with Gasteiger partial charge in [-0.2, -0.15) is 18.2 Å². The molecule has 0 radical (unpaired) electrons. The molecule has 10 nitrogen and oxygen atoms in total. The Kier molecular flexibility index (Phi) is 7.74. The van der Waals surface area contributed by atoms with Crippen LogP contribution < -0.4 is 10.0 Å². The Morgan fingerprint density at radius 1 is 1.23 bits per heavy atom. The zero-order valence-corrected chi connectivity index (χ0v) is 20.9. The van der Waals surface area contributed by atoms with E-state index in [0.717, 1.165) is 5.56 Å². The van der Waals surface area contributed by atoms with E-state index in [1.807, 2.05) is 6.07 Å². The van der Waals surface area contributed by atoms with Crippen LogP contribution in [0.5, 0.6) is 0 Å². The lowest BCUT2D eigenvalue weighted by Crippen LogP contribution is -2.31. The van der Waals surface area contributed by atoms with E-state index in [1.54, 1.807) is 35.1 Å². The maximum Gasteiger partial charge on any atom is 0.335 e. The molecule has 0 amide bonds. The minimum absolute atomic E-state index is 0.230. The molecule has 1 aliphatic carbocycles. The van der Waals surface area contributed by atoms with Crippen LogP contribution in [0.3, 0.4) is 0 Å². The van der Waals surface area contributed by atoms with Crippen molar-refractivity contribution in [2.24, 2.45) is 0 Å². The van der Waals surface area contributed by atoms with Crippen LogP contribution in [0.2, 0.25) is 10.0 Å². The fourth-order valence-electron chi connectivity index (χ4n) is 3.86. The number of aliphatic hydroxyl groups excluding tert-OH is 1. The highest BCUT2D eigenvalue weighted by atomic mass is 35.5. The van der Waals surface area contributed by atoms with Gasteiger partial charge in [-0.05, 0) is 42.7 Å². The summed E-state index contributed by atoms with van der Waals surface area (Å²) in [6.45, 7) is 0.402.